The lowest BCUT2D eigenvalue weighted by Gasteiger charge is -2.37. The topological polar surface area (TPSA) is 218 Å². The van der Waals surface area contributed by atoms with Crippen molar-refractivity contribution in [1.29, 1.82) is 0 Å². The van der Waals surface area contributed by atoms with Gasteiger partial charge in [0.1, 0.15) is 28.8 Å². The quantitative estimate of drug-likeness (QED) is 0.0835. The van der Waals surface area contributed by atoms with Crippen molar-refractivity contribution in [3.63, 3.8) is 0 Å². The van der Waals surface area contributed by atoms with Gasteiger partial charge in [0.15, 0.2) is 22.4 Å². The number of aromatic nitrogens is 1. The molecule has 15 nitrogen and oxygen atoms in total. The van der Waals surface area contributed by atoms with Crippen LogP contribution in [0.3, 0.4) is 0 Å². The summed E-state index contributed by atoms with van der Waals surface area (Å²) < 4.78 is 24.7. The summed E-state index contributed by atoms with van der Waals surface area (Å²) >= 11 is 0. The Morgan fingerprint density at radius 2 is 1.59 bits per heavy atom. The number of piperidine rings is 1. The van der Waals surface area contributed by atoms with Crippen LogP contribution in [0.1, 0.15) is 80.7 Å². The van der Waals surface area contributed by atoms with Crippen LogP contribution in [0.2, 0.25) is 0 Å². The first-order valence-electron chi connectivity index (χ1n) is 22.0. The van der Waals surface area contributed by atoms with Crippen molar-refractivity contribution in [2.75, 3.05) is 23.3 Å². The van der Waals surface area contributed by atoms with Gasteiger partial charge in [0.05, 0.1) is 29.1 Å². The molecule has 1 aromatic heterocycles. The van der Waals surface area contributed by atoms with E-state index in [4.69, 9.17) is 23.6 Å². The number of nitrogens with one attached hydrogen (secondary N) is 1. The van der Waals surface area contributed by atoms with Crippen molar-refractivity contribution in [1.82, 2.24) is 4.98 Å². The lowest BCUT2D eigenvalue weighted by molar-refractivity contribution is -0.158. The number of esters is 1. The molecular weight excluding hydrogens is 823 g/mol. The number of carbonyl (C=O) groups is 2. The molecular formula is C49H59N3O12. The van der Waals surface area contributed by atoms with Gasteiger partial charge in [-0.2, -0.15) is 0 Å². The van der Waals surface area contributed by atoms with Crippen LogP contribution in [0.15, 0.2) is 62.3 Å². The van der Waals surface area contributed by atoms with Crippen molar-refractivity contribution in [3.05, 3.63) is 79.5 Å². The van der Waals surface area contributed by atoms with Gasteiger partial charge in [-0.3, -0.25) is 19.2 Å². The molecule has 0 radical (unpaired) electrons. The smallest absolute Gasteiger partial charge is 0.307 e. The third-order valence-electron chi connectivity index (χ3n) is 13.7. The summed E-state index contributed by atoms with van der Waals surface area (Å²) in [6, 6.07) is 3.17. The lowest BCUT2D eigenvalue weighted by atomic mass is 9.77. The average molecular weight is 882 g/mol. The van der Waals surface area contributed by atoms with Gasteiger partial charge < -0.3 is 49.3 Å². The molecule has 3 aromatic carbocycles. The number of hydrogen-bond donors (Lipinski definition) is 5. The average Bonchev–Trinajstić information content (AvgIpc) is 3.52. The minimum absolute atomic E-state index is 0.0180. The van der Waals surface area contributed by atoms with Crippen molar-refractivity contribution in [3.8, 4) is 11.5 Å². The van der Waals surface area contributed by atoms with Crippen molar-refractivity contribution >= 4 is 62.0 Å². The van der Waals surface area contributed by atoms with Crippen LogP contribution in [0.5, 0.6) is 11.5 Å². The molecule has 1 saturated heterocycles. The van der Waals surface area contributed by atoms with Gasteiger partial charge in [0.2, 0.25) is 10.9 Å². The minimum Gasteiger partial charge on any atom is -0.507 e. The van der Waals surface area contributed by atoms with Gasteiger partial charge >= 0.3 is 11.8 Å². The number of ether oxygens (including phenoxy) is 3. The fourth-order valence-electron chi connectivity index (χ4n) is 9.19. The number of aliphatic hydroxyl groups excluding tert-OH is 3. The van der Waals surface area contributed by atoms with Crippen LogP contribution in [-0.2, 0) is 19.1 Å². The summed E-state index contributed by atoms with van der Waals surface area (Å²) in [6.07, 6.45) is 6.75. The number of fused-ring (bicyclic) bond motifs is 14. The maximum Gasteiger partial charge on any atom is 0.307 e. The molecule has 5 N–H and O–H groups in total. The van der Waals surface area contributed by atoms with Crippen molar-refractivity contribution < 1.29 is 48.6 Å². The van der Waals surface area contributed by atoms with Crippen LogP contribution in [0.4, 0.5) is 11.4 Å². The third kappa shape index (κ3) is 8.19. The third-order valence-corrected chi connectivity index (χ3v) is 13.7. The Morgan fingerprint density at radius 3 is 2.27 bits per heavy atom. The van der Waals surface area contributed by atoms with Gasteiger partial charge in [-0.15, -0.1) is 0 Å². The van der Waals surface area contributed by atoms with Crippen molar-refractivity contribution in [2.24, 2.45) is 35.5 Å². The second kappa shape index (κ2) is 17.6. The molecule has 15 heteroatoms. The Labute approximate surface area is 370 Å². The highest BCUT2D eigenvalue weighted by molar-refractivity contribution is 6.16. The molecule has 8 rings (SSSR count). The molecule has 0 unspecified atom stereocenters. The fourth-order valence-corrected chi connectivity index (χ4v) is 9.19. The van der Waals surface area contributed by atoms with E-state index >= 15 is 0 Å². The molecule has 0 spiro atoms. The Balaban J connectivity index is 1.47. The number of phenols is 1. The minimum atomic E-state index is -1.92. The number of carbonyl (C=O) groups excluding carboxylic acids is 2. The number of rotatable bonds is 2. The molecule has 5 bridgehead atoms. The first-order chi connectivity index (χ1) is 30.1. The number of aliphatic hydroxyl groups is 3. The van der Waals surface area contributed by atoms with Crippen LogP contribution < -0.4 is 31.0 Å². The van der Waals surface area contributed by atoms with E-state index in [0.29, 0.717) is 11.6 Å². The number of amides is 1. The molecule has 0 aliphatic carbocycles. The van der Waals surface area contributed by atoms with E-state index in [-0.39, 0.29) is 72.6 Å². The van der Waals surface area contributed by atoms with E-state index in [1.165, 1.54) is 46.1 Å². The molecule has 342 valence electrons. The van der Waals surface area contributed by atoms with Crippen LogP contribution in [-0.4, -0.2) is 74.5 Å². The summed E-state index contributed by atoms with van der Waals surface area (Å²) in [7, 11) is 0. The number of aromatic hydroxyl groups is 1. The Bertz CT molecular complexity index is 2810. The van der Waals surface area contributed by atoms with Gasteiger partial charge in [-0.25, -0.2) is 4.98 Å². The maximum atomic E-state index is 14.8. The van der Waals surface area contributed by atoms with Gasteiger partial charge in [-0.1, -0.05) is 59.8 Å². The Hall–Kier alpha value is -5.93. The number of hydrogen-bond acceptors (Lipinski definition) is 14. The monoisotopic (exact) mass is 881 g/mol. The van der Waals surface area contributed by atoms with E-state index in [2.05, 4.69) is 17.1 Å². The van der Waals surface area contributed by atoms with Gasteiger partial charge in [0.25, 0.3) is 5.91 Å². The highest BCUT2D eigenvalue weighted by Crippen LogP contribution is 2.42. The first kappa shape index (κ1) is 46.1. The fraction of sp³-hybridized carbons (Fsp3) is 0.490. The van der Waals surface area contributed by atoms with Crippen molar-refractivity contribution in [2.45, 2.75) is 106 Å². The number of anilines is 2. The largest absolute Gasteiger partial charge is 0.507 e. The van der Waals surface area contributed by atoms with E-state index in [1.54, 1.807) is 45.1 Å². The molecule has 4 aliphatic rings. The molecule has 64 heavy (non-hydrogen) atoms. The van der Waals surface area contributed by atoms with E-state index < -0.39 is 76.1 Å². The second-order valence-corrected chi connectivity index (χ2v) is 18.4. The number of nitrogens with zero attached hydrogens (tertiary/aromatic N) is 2. The molecule has 4 aliphatic heterocycles. The standard InChI is InChI=1S/C49H59N3O12/c1-22-14-17-52(18-15-22)31-20-32(54)37-33(21-31)63-46-38(50-37)34-35-42(57)29(8)45-36(34)47(59)49(10,64-45)61-19-16-23(2)26(5)44(62-30(9)53)28(7)41(56)27(6)40(55)24(3)12-11-13-25(4)48(60)51-39(46)43(35)58/h11-13,16,19-24,26-28,40-41,44,55-57,59H,14-15,17-18H2,1-10H3,(H,51,60)/b12-11+,19-16+,25-13-/t23-,24-,26+,27+,28+,40-,41+,44+,49-/m0/s1. The Kier molecular flexibility index (Phi) is 12.6. The normalized spacial score (nSPS) is 30.5. The predicted molar refractivity (Wildman–Crippen MR) is 244 cm³/mol. The molecule has 5 heterocycles. The highest BCUT2D eigenvalue weighted by Gasteiger charge is 2.44. The lowest BCUT2D eigenvalue weighted by Crippen LogP contribution is -2.45. The second-order valence-electron chi connectivity index (χ2n) is 18.4. The summed E-state index contributed by atoms with van der Waals surface area (Å²) in [5.74, 6) is -6.15. The summed E-state index contributed by atoms with van der Waals surface area (Å²) in [4.78, 5) is 61.9. The number of phenolic OH excluding ortho intramolecular Hbond substituents is 1. The SMILES string of the molecule is CC(=O)O[C@H]1[C@H](C)[C@H](O)[C@H](C)[C@@H](O)[C@@H](C)/C=C/C=C(/C)C(=O)Nc2c(=O)c3c(O)c(C)c4c(c3c3nc5c(=O)cc(N6CCC(C)CC6)cc5oc23)=C(O)[C@@](C)(O/C=C/[C@H](C)[C@H]1C)O4. The first-order valence-corrected chi connectivity index (χ1v) is 22.0. The summed E-state index contributed by atoms with van der Waals surface area (Å²) in [5, 5.41) is 49.2. The number of benzene rings is 3. The predicted octanol–water partition coefficient (Wildman–Crippen LogP) is 6.42. The zero-order valence-corrected chi connectivity index (χ0v) is 38.0. The highest BCUT2D eigenvalue weighted by atomic mass is 16.7. The molecule has 0 saturated carbocycles. The number of allylic oxidation sites excluding steroid dienone is 3. The summed E-state index contributed by atoms with van der Waals surface area (Å²) in [5.41, 5.74) is -1.15. The molecule has 9 atom stereocenters. The van der Waals surface area contributed by atoms with Crippen LogP contribution >= 0.6 is 0 Å². The van der Waals surface area contributed by atoms with Crippen LogP contribution in [0, 0.1) is 42.4 Å². The molecule has 1 fully saturated rings. The van der Waals surface area contributed by atoms with Gasteiger partial charge in [0, 0.05) is 79.0 Å². The Morgan fingerprint density at radius 1 is 0.906 bits per heavy atom. The van der Waals surface area contributed by atoms with E-state index in [9.17, 15) is 39.6 Å². The van der Waals surface area contributed by atoms with E-state index in [1.807, 2.05) is 13.8 Å². The van der Waals surface area contributed by atoms with Gasteiger partial charge in [-0.05, 0) is 50.5 Å². The maximum absolute atomic E-state index is 14.8. The zero-order chi connectivity index (χ0) is 46.7. The zero-order valence-electron chi connectivity index (χ0n) is 38.0. The summed E-state index contributed by atoms with van der Waals surface area (Å²) in [6.45, 7) is 18.4. The molecule has 4 aromatic rings. The van der Waals surface area contributed by atoms with E-state index in [0.717, 1.165) is 25.9 Å². The molecule has 1 amide bonds. The van der Waals surface area contributed by atoms with Crippen LogP contribution in [0.25, 0.3) is 38.7 Å².